The summed E-state index contributed by atoms with van der Waals surface area (Å²) in [7, 11) is 0. The second-order valence-corrected chi connectivity index (χ2v) is 8.11. The molecule has 8 nitrogen and oxygen atoms in total. The first-order valence-electron chi connectivity index (χ1n) is 10.2. The summed E-state index contributed by atoms with van der Waals surface area (Å²) in [5.41, 5.74) is 5.06. The smallest absolute Gasteiger partial charge is 0.330 e. The summed E-state index contributed by atoms with van der Waals surface area (Å²) < 4.78 is 1.32. The van der Waals surface area contributed by atoms with Gasteiger partial charge in [0.2, 0.25) is 5.91 Å². The van der Waals surface area contributed by atoms with Gasteiger partial charge in [-0.3, -0.25) is 24.0 Å². The van der Waals surface area contributed by atoms with E-state index in [1.807, 2.05) is 36.3 Å². The molecule has 2 heterocycles. The van der Waals surface area contributed by atoms with E-state index in [1.54, 1.807) is 17.4 Å². The topological polar surface area (TPSA) is 104 Å². The molecule has 2 aromatic rings. The van der Waals surface area contributed by atoms with E-state index in [0.29, 0.717) is 39.0 Å². The van der Waals surface area contributed by atoms with E-state index in [4.69, 9.17) is 5.73 Å². The largest absolute Gasteiger partial charge is 0.383 e. The van der Waals surface area contributed by atoms with Crippen LogP contribution in [0.3, 0.4) is 0 Å². The van der Waals surface area contributed by atoms with E-state index in [2.05, 4.69) is 11.6 Å². The molecule has 9 heteroatoms. The molecule has 3 N–H and O–H groups in total. The van der Waals surface area contributed by atoms with Gasteiger partial charge in [0, 0.05) is 31.1 Å². The Morgan fingerprint density at radius 3 is 2.70 bits per heavy atom. The molecule has 0 aromatic carbocycles. The number of hydrogen-bond acceptors (Lipinski definition) is 6. The molecule has 2 rings (SSSR count). The SMILES string of the molecule is C=CCN(CC(=O)N(CCCC)c1c(N)n(CCC)c(=O)[nH]c1=O)Cc1cccs1. The zero-order valence-corrected chi connectivity index (χ0v) is 18.5. The normalized spacial score (nSPS) is 11.0. The van der Waals surface area contributed by atoms with E-state index in [9.17, 15) is 14.4 Å². The van der Waals surface area contributed by atoms with Crippen molar-refractivity contribution in [1.82, 2.24) is 14.5 Å². The van der Waals surface area contributed by atoms with Gasteiger partial charge < -0.3 is 10.6 Å². The van der Waals surface area contributed by atoms with Crippen LogP contribution >= 0.6 is 11.3 Å². The Hall–Kier alpha value is -2.65. The minimum Gasteiger partial charge on any atom is -0.383 e. The van der Waals surface area contributed by atoms with Crippen LogP contribution in [0.15, 0.2) is 39.8 Å². The van der Waals surface area contributed by atoms with Gasteiger partial charge in [0.15, 0.2) is 5.69 Å². The molecular formula is C21H31N5O3S. The molecule has 1 amide bonds. The average Bonchev–Trinajstić information content (AvgIpc) is 3.20. The number of amides is 1. The second-order valence-electron chi connectivity index (χ2n) is 7.08. The molecule has 0 aliphatic heterocycles. The van der Waals surface area contributed by atoms with Crippen molar-refractivity contribution in [3.8, 4) is 0 Å². The number of aromatic amines is 1. The second kappa shape index (κ2) is 11.5. The minimum atomic E-state index is -0.636. The summed E-state index contributed by atoms with van der Waals surface area (Å²) in [5.74, 6) is -0.204. The van der Waals surface area contributed by atoms with Crippen molar-refractivity contribution in [3.05, 3.63) is 55.9 Å². The number of thiophene rings is 1. The fourth-order valence-electron chi connectivity index (χ4n) is 3.23. The first-order valence-corrected chi connectivity index (χ1v) is 11.1. The number of hydrogen-bond donors (Lipinski definition) is 2. The molecule has 0 aliphatic carbocycles. The molecule has 0 spiro atoms. The molecule has 30 heavy (non-hydrogen) atoms. The maximum absolute atomic E-state index is 13.3. The zero-order valence-electron chi connectivity index (χ0n) is 17.7. The standard InChI is InChI=1S/C21H31N5O3S/c1-4-7-12-25(18-19(22)26(11-6-3)21(29)23-20(18)28)17(27)15-24(10-5-2)14-16-9-8-13-30-16/h5,8-9,13H,2,4,6-7,10-12,14-15,22H2,1,3H3,(H,23,28,29). The minimum absolute atomic E-state index is 0.0311. The zero-order chi connectivity index (χ0) is 22.1. The fraction of sp³-hybridized carbons (Fsp3) is 0.476. The Labute approximate surface area is 180 Å². The number of carbonyl (C=O) groups is 1. The summed E-state index contributed by atoms with van der Waals surface area (Å²) >= 11 is 1.62. The van der Waals surface area contributed by atoms with Crippen LogP contribution < -0.4 is 21.9 Å². The fourth-order valence-corrected chi connectivity index (χ4v) is 3.97. The molecule has 2 aromatic heterocycles. The molecule has 0 saturated heterocycles. The third-order valence-corrected chi connectivity index (χ3v) is 5.53. The third-order valence-electron chi connectivity index (χ3n) is 4.67. The van der Waals surface area contributed by atoms with Gasteiger partial charge >= 0.3 is 5.69 Å². The van der Waals surface area contributed by atoms with Gasteiger partial charge in [-0.05, 0) is 24.3 Å². The maximum Gasteiger partial charge on any atom is 0.330 e. The Morgan fingerprint density at radius 2 is 2.10 bits per heavy atom. The number of nitrogen functional groups attached to an aromatic ring is 1. The Balaban J connectivity index is 2.37. The summed E-state index contributed by atoms with van der Waals surface area (Å²) in [4.78, 5) is 44.9. The van der Waals surface area contributed by atoms with Gasteiger partial charge in [-0.2, -0.15) is 0 Å². The van der Waals surface area contributed by atoms with Crippen LogP contribution in [-0.2, 0) is 17.9 Å². The van der Waals surface area contributed by atoms with Gasteiger partial charge in [0.1, 0.15) is 5.82 Å². The molecular weight excluding hydrogens is 402 g/mol. The quantitative estimate of drug-likeness (QED) is 0.500. The summed E-state index contributed by atoms with van der Waals surface area (Å²) in [6, 6.07) is 3.99. The van der Waals surface area contributed by atoms with Gasteiger partial charge in [-0.15, -0.1) is 17.9 Å². The van der Waals surface area contributed by atoms with E-state index < -0.39 is 11.2 Å². The molecule has 0 saturated carbocycles. The Kier molecular flexibility index (Phi) is 9.07. The number of nitrogens with one attached hydrogen (secondary N) is 1. The van der Waals surface area contributed by atoms with Crippen LogP contribution in [0, 0.1) is 0 Å². The van der Waals surface area contributed by atoms with Crippen molar-refractivity contribution in [3.63, 3.8) is 0 Å². The van der Waals surface area contributed by atoms with Crippen LogP contribution in [0.25, 0.3) is 0 Å². The number of nitrogens with two attached hydrogens (primary N) is 1. The molecule has 164 valence electrons. The van der Waals surface area contributed by atoms with Crippen LogP contribution in [0.5, 0.6) is 0 Å². The number of anilines is 2. The van der Waals surface area contributed by atoms with Crippen molar-refractivity contribution < 1.29 is 4.79 Å². The number of unbranched alkanes of at least 4 members (excludes halogenated alkanes) is 1. The lowest BCUT2D eigenvalue weighted by atomic mass is 10.2. The number of aromatic nitrogens is 2. The lowest BCUT2D eigenvalue weighted by Gasteiger charge is -2.27. The van der Waals surface area contributed by atoms with E-state index in [0.717, 1.165) is 11.3 Å². The lowest BCUT2D eigenvalue weighted by molar-refractivity contribution is -0.119. The predicted molar refractivity (Wildman–Crippen MR) is 123 cm³/mol. The molecule has 0 unspecified atom stereocenters. The molecule has 0 radical (unpaired) electrons. The number of rotatable bonds is 12. The first kappa shape index (κ1) is 23.6. The van der Waals surface area contributed by atoms with Crippen LogP contribution in [0.1, 0.15) is 38.0 Å². The molecule has 0 atom stereocenters. The molecule has 0 fully saturated rings. The summed E-state index contributed by atoms with van der Waals surface area (Å²) in [6.07, 6.45) is 3.98. The highest BCUT2D eigenvalue weighted by Gasteiger charge is 2.25. The Bertz CT molecular complexity index is 949. The molecule has 0 bridgehead atoms. The highest BCUT2D eigenvalue weighted by molar-refractivity contribution is 7.09. The summed E-state index contributed by atoms with van der Waals surface area (Å²) in [5, 5.41) is 1.99. The summed E-state index contributed by atoms with van der Waals surface area (Å²) in [6.45, 7) is 9.68. The maximum atomic E-state index is 13.3. The monoisotopic (exact) mass is 433 g/mol. The highest BCUT2D eigenvalue weighted by Crippen LogP contribution is 2.19. The van der Waals surface area contributed by atoms with Crippen molar-refractivity contribution in [2.75, 3.05) is 30.3 Å². The van der Waals surface area contributed by atoms with Gasteiger partial charge in [-0.1, -0.05) is 32.4 Å². The van der Waals surface area contributed by atoms with Gasteiger partial charge in [0.05, 0.1) is 6.54 Å². The number of carbonyl (C=O) groups excluding carboxylic acids is 1. The van der Waals surface area contributed by atoms with Crippen LogP contribution in [0.4, 0.5) is 11.5 Å². The van der Waals surface area contributed by atoms with Crippen molar-refractivity contribution in [1.29, 1.82) is 0 Å². The predicted octanol–water partition coefficient (Wildman–Crippen LogP) is 2.41. The van der Waals surface area contributed by atoms with E-state index in [1.165, 1.54) is 9.47 Å². The Morgan fingerprint density at radius 1 is 1.33 bits per heavy atom. The first-order chi connectivity index (χ1) is 14.4. The van der Waals surface area contributed by atoms with Gasteiger partial charge in [-0.25, -0.2) is 4.79 Å². The average molecular weight is 434 g/mol. The van der Waals surface area contributed by atoms with Crippen molar-refractivity contribution in [2.45, 2.75) is 46.2 Å². The van der Waals surface area contributed by atoms with E-state index in [-0.39, 0.29) is 24.0 Å². The van der Waals surface area contributed by atoms with Crippen LogP contribution in [-0.4, -0.2) is 40.0 Å². The van der Waals surface area contributed by atoms with Crippen molar-refractivity contribution >= 4 is 28.7 Å². The number of H-pyrrole nitrogens is 1. The highest BCUT2D eigenvalue weighted by atomic mass is 32.1. The van der Waals surface area contributed by atoms with Gasteiger partial charge in [0.25, 0.3) is 5.56 Å². The van der Waals surface area contributed by atoms with Crippen LogP contribution in [0.2, 0.25) is 0 Å². The number of nitrogens with zero attached hydrogens (tertiary/aromatic N) is 3. The third kappa shape index (κ3) is 5.93. The van der Waals surface area contributed by atoms with E-state index >= 15 is 0 Å². The van der Waals surface area contributed by atoms with Crippen molar-refractivity contribution in [2.24, 2.45) is 0 Å². The lowest BCUT2D eigenvalue weighted by Crippen LogP contribution is -2.45. The molecule has 0 aliphatic rings.